The topological polar surface area (TPSA) is 70.0 Å². The molecule has 0 N–H and O–H groups in total. The molecule has 22 heavy (non-hydrogen) atoms. The third-order valence-corrected chi connectivity index (χ3v) is 3.23. The van der Waals surface area contributed by atoms with E-state index in [-0.39, 0.29) is 18.4 Å². The fourth-order valence-corrected chi connectivity index (χ4v) is 2.18. The zero-order valence-electron chi connectivity index (χ0n) is 11.4. The van der Waals surface area contributed by atoms with Gasteiger partial charge >= 0.3 is 5.97 Å². The first-order valence-electron chi connectivity index (χ1n) is 6.62. The zero-order valence-corrected chi connectivity index (χ0v) is 11.4. The van der Waals surface area contributed by atoms with Crippen LogP contribution in [0.25, 0.3) is 6.08 Å². The van der Waals surface area contributed by atoms with Gasteiger partial charge in [0, 0.05) is 18.0 Å². The lowest BCUT2D eigenvalue weighted by Crippen LogP contribution is -2.05. The van der Waals surface area contributed by atoms with Crippen molar-refractivity contribution in [1.82, 2.24) is 4.98 Å². The molecule has 0 saturated heterocycles. The molecule has 3 heterocycles. The maximum absolute atomic E-state index is 11.9. The van der Waals surface area contributed by atoms with Gasteiger partial charge < -0.3 is 14.2 Å². The molecule has 2 aromatic rings. The van der Waals surface area contributed by atoms with Crippen LogP contribution in [-0.4, -0.2) is 23.6 Å². The Morgan fingerprint density at radius 2 is 2.05 bits per heavy atom. The molecule has 2 aliphatic rings. The van der Waals surface area contributed by atoms with Crippen molar-refractivity contribution >= 4 is 17.9 Å². The molecule has 108 valence electrons. The van der Waals surface area contributed by atoms with E-state index in [1.807, 2.05) is 6.07 Å². The molecular weight excluding hydrogens is 284 g/mol. The van der Waals surface area contributed by atoms with Crippen molar-refractivity contribution in [3.8, 4) is 11.5 Å². The average molecular weight is 294 g/mol. The molecule has 6 heteroatoms. The standard InChI is InChI=1S/C16H10N2O4/c19-16-12(6-10-2-1-5-17-8-10)18-15(22-16)11-3-4-13-14(7-11)21-9-20-13/h1-8H,9H2. The van der Waals surface area contributed by atoms with Crippen molar-refractivity contribution in [3.05, 3.63) is 59.5 Å². The maximum Gasteiger partial charge on any atom is 0.363 e. The number of aromatic nitrogens is 1. The minimum atomic E-state index is -0.489. The molecule has 0 saturated carbocycles. The Labute approximate surface area is 125 Å². The molecule has 0 spiro atoms. The number of hydrogen-bond acceptors (Lipinski definition) is 6. The SMILES string of the molecule is O=C1OC(c2ccc3c(c2)OCO3)=NC1=Cc1cccnc1. The highest BCUT2D eigenvalue weighted by Crippen LogP contribution is 2.33. The summed E-state index contributed by atoms with van der Waals surface area (Å²) in [5, 5.41) is 0. The van der Waals surface area contributed by atoms with Crippen LogP contribution < -0.4 is 9.47 Å². The summed E-state index contributed by atoms with van der Waals surface area (Å²) in [4.78, 5) is 20.1. The third-order valence-electron chi connectivity index (χ3n) is 3.23. The van der Waals surface area contributed by atoms with E-state index in [0.717, 1.165) is 5.56 Å². The Morgan fingerprint density at radius 3 is 2.91 bits per heavy atom. The van der Waals surface area contributed by atoms with E-state index in [1.54, 1.807) is 42.7 Å². The number of benzene rings is 1. The van der Waals surface area contributed by atoms with Gasteiger partial charge in [0.1, 0.15) is 0 Å². The lowest BCUT2D eigenvalue weighted by Gasteiger charge is -2.01. The summed E-state index contributed by atoms with van der Waals surface area (Å²) in [6.07, 6.45) is 4.94. The van der Waals surface area contributed by atoms with Crippen molar-refractivity contribution in [1.29, 1.82) is 0 Å². The van der Waals surface area contributed by atoms with Crippen molar-refractivity contribution < 1.29 is 19.0 Å². The van der Waals surface area contributed by atoms with Crippen molar-refractivity contribution in [3.63, 3.8) is 0 Å². The number of aliphatic imine (C=N–C) groups is 1. The molecule has 2 aliphatic heterocycles. The van der Waals surface area contributed by atoms with Crippen molar-refractivity contribution in [2.75, 3.05) is 6.79 Å². The van der Waals surface area contributed by atoms with E-state index >= 15 is 0 Å². The van der Waals surface area contributed by atoms with E-state index in [0.29, 0.717) is 17.1 Å². The summed E-state index contributed by atoms with van der Waals surface area (Å²) in [6.45, 7) is 0.192. The molecule has 4 rings (SSSR count). The predicted molar refractivity (Wildman–Crippen MR) is 77.4 cm³/mol. The van der Waals surface area contributed by atoms with Gasteiger partial charge in [0.15, 0.2) is 17.2 Å². The molecule has 0 atom stereocenters. The molecule has 0 amide bonds. The van der Waals surface area contributed by atoms with Crippen LogP contribution in [0.2, 0.25) is 0 Å². The van der Waals surface area contributed by atoms with E-state index < -0.39 is 5.97 Å². The number of pyridine rings is 1. The molecule has 0 bridgehead atoms. The maximum atomic E-state index is 11.9. The highest BCUT2D eigenvalue weighted by Gasteiger charge is 2.25. The second-order valence-electron chi connectivity index (χ2n) is 4.69. The Hall–Kier alpha value is -3.15. The summed E-state index contributed by atoms with van der Waals surface area (Å²) in [5.41, 5.74) is 1.68. The van der Waals surface area contributed by atoms with Gasteiger partial charge in [-0.05, 0) is 35.9 Å². The third kappa shape index (κ3) is 2.20. The largest absolute Gasteiger partial charge is 0.454 e. The molecule has 0 aliphatic carbocycles. The van der Waals surface area contributed by atoms with Crippen LogP contribution in [0.5, 0.6) is 11.5 Å². The van der Waals surface area contributed by atoms with Gasteiger partial charge in [-0.1, -0.05) is 6.07 Å². The van der Waals surface area contributed by atoms with Crippen LogP contribution in [0.3, 0.4) is 0 Å². The van der Waals surface area contributed by atoms with E-state index in [4.69, 9.17) is 14.2 Å². The molecule has 0 radical (unpaired) electrons. The monoisotopic (exact) mass is 294 g/mol. The Kier molecular flexibility index (Phi) is 2.86. The predicted octanol–water partition coefficient (Wildman–Crippen LogP) is 2.15. The number of ether oxygens (including phenoxy) is 3. The van der Waals surface area contributed by atoms with Crippen LogP contribution in [-0.2, 0) is 9.53 Å². The molecular formula is C16H10N2O4. The van der Waals surface area contributed by atoms with Crippen molar-refractivity contribution in [2.45, 2.75) is 0 Å². The van der Waals surface area contributed by atoms with Crippen LogP contribution in [0.4, 0.5) is 0 Å². The number of nitrogens with zero attached hydrogens (tertiary/aromatic N) is 2. The first-order valence-corrected chi connectivity index (χ1v) is 6.62. The van der Waals surface area contributed by atoms with Crippen LogP contribution >= 0.6 is 0 Å². The highest BCUT2D eigenvalue weighted by atomic mass is 16.7. The second-order valence-corrected chi connectivity index (χ2v) is 4.69. The minimum Gasteiger partial charge on any atom is -0.454 e. The normalized spacial score (nSPS) is 17.5. The number of cyclic esters (lactones) is 1. The van der Waals surface area contributed by atoms with Gasteiger partial charge in [-0.25, -0.2) is 9.79 Å². The van der Waals surface area contributed by atoms with Gasteiger partial charge in [0.25, 0.3) is 0 Å². The Morgan fingerprint density at radius 1 is 1.14 bits per heavy atom. The van der Waals surface area contributed by atoms with Gasteiger partial charge in [0.05, 0.1) is 0 Å². The lowest BCUT2D eigenvalue weighted by atomic mass is 10.2. The van der Waals surface area contributed by atoms with E-state index in [2.05, 4.69) is 9.98 Å². The molecule has 6 nitrogen and oxygen atoms in total. The minimum absolute atomic E-state index is 0.192. The van der Waals surface area contributed by atoms with Crippen LogP contribution in [0, 0.1) is 0 Å². The van der Waals surface area contributed by atoms with Crippen LogP contribution in [0.15, 0.2) is 53.4 Å². The fourth-order valence-electron chi connectivity index (χ4n) is 2.18. The van der Waals surface area contributed by atoms with E-state index in [1.165, 1.54) is 0 Å². The fraction of sp³-hybridized carbons (Fsp3) is 0.0625. The van der Waals surface area contributed by atoms with Gasteiger partial charge in [0.2, 0.25) is 12.7 Å². The summed E-state index contributed by atoms with van der Waals surface area (Å²) in [7, 11) is 0. The van der Waals surface area contributed by atoms with Crippen molar-refractivity contribution in [2.24, 2.45) is 4.99 Å². The molecule has 0 fully saturated rings. The number of carbonyl (C=O) groups is 1. The first-order chi connectivity index (χ1) is 10.8. The number of hydrogen-bond donors (Lipinski definition) is 0. The van der Waals surface area contributed by atoms with Gasteiger partial charge in [-0.3, -0.25) is 4.98 Å². The van der Waals surface area contributed by atoms with Gasteiger partial charge in [-0.2, -0.15) is 0 Å². The number of carbonyl (C=O) groups excluding carboxylic acids is 1. The molecule has 1 aromatic carbocycles. The van der Waals surface area contributed by atoms with Gasteiger partial charge in [-0.15, -0.1) is 0 Å². The Bertz CT molecular complexity index is 812. The average Bonchev–Trinajstić information content (AvgIpc) is 3.15. The van der Waals surface area contributed by atoms with E-state index in [9.17, 15) is 4.79 Å². The smallest absolute Gasteiger partial charge is 0.363 e. The highest BCUT2D eigenvalue weighted by molar-refractivity contribution is 6.13. The Balaban J connectivity index is 1.68. The zero-order chi connectivity index (χ0) is 14.9. The molecule has 0 unspecified atom stereocenters. The second kappa shape index (κ2) is 5.00. The molecule has 1 aromatic heterocycles. The summed E-state index contributed by atoms with van der Waals surface area (Å²) in [5.74, 6) is 1.04. The lowest BCUT2D eigenvalue weighted by molar-refractivity contribution is -0.129. The number of fused-ring (bicyclic) bond motifs is 1. The first kappa shape index (κ1) is 12.6. The number of esters is 1. The summed E-state index contributed by atoms with van der Waals surface area (Å²) < 4.78 is 15.8. The van der Waals surface area contributed by atoms with Crippen LogP contribution in [0.1, 0.15) is 11.1 Å². The quantitative estimate of drug-likeness (QED) is 0.627. The summed E-state index contributed by atoms with van der Waals surface area (Å²) in [6, 6.07) is 8.89. The number of rotatable bonds is 2. The summed E-state index contributed by atoms with van der Waals surface area (Å²) >= 11 is 0.